The zero-order valence-corrected chi connectivity index (χ0v) is 14.8. The van der Waals surface area contributed by atoms with Gasteiger partial charge in [-0.1, -0.05) is 48.6 Å². The van der Waals surface area contributed by atoms with Crippen molar-refractivity contribution in [1.29, 1.82) is 5.26 Å². The van der Waals surface area contributed by atoms with Gasteiger partial charge in [0.2, 0.25) is 0 Å². The van der Waals surface area contributed by atoms with Gasteiger partial charge in [-0.2, -0.15) is 5.26 Å². The molecule has 0 aliphatic carbocycles. The Morgan fingerprint density at radius 1 is 1.17 bits per heavy atom. The van der Waals surface area contributed by atoms with Crippen molar-refractivity contribution < 1.29 is 9.47 Å². The summed E-state index contributed by atoms with van der Waals surface area (Å²) in [6.07, 6.45) is 2.34. The molecule has 5 atom stereocenters. The maximum absolute atomic E-state index is 9.55. The van der Waals surface area contributed by atoms with Gasteiger partial charge in [0.05, 0.1) is 20.2 Å². The number of nitriles is 1. The molecule has 3 heterocycles. The highest BCUT2D eigenvalue weighted by Gasteiger charge is 2.58. The summed E-state index contributed by atoms with van der Waals surface area (Å²) in [6.45, 7) is 5.27. The Balaban J connectivity index is 1.62. The van der Waals surface area contributed by atoms with Crippen molar-refractivity contribution in [2.75, 3.05) is 6.79 Å². The lowest BCUT2D eigenvalue weighted by Crippen LogP contribution is -2.51. The van der Waals surface area contributed by atoms with Crippen LogP contribution < -0.4 is 5.19 Å². The first kappa shape index (κ1) is 15.3. The zero-order valence-electron chi connectivity index (χ0n) is 13.8. The van der Waals surface area contributed by atoms with E-state index in [-0.39, 0.29) is 18.2 Å². The molecule has 122 valence electrons. The van der Waals surface area contributed by atoms with Gasteiger partial charge in [-0.15, -0.1) is 0 Å². The fourth-order valence-corrected chi connectivity index (χ4v) is 7.59. The molecular formula is C18H24N2O2Si. The topological polar surface area (TPSA) is 45.5 Å². The van der Waals surface area contributed by atoms with E-state index in [0.29, 0.717) is 18.9 Å². The molecular weight excluding hydrogens is 304 g/mol. The Kier molecular flexibility index (Phi) is 3.81. The summed E-state index contributed by atoms with van der Waals surface area (Å²) < 4.78 is 11.8. The Morgan fingerprint density at radius 3 is 2.65 bits per heavy atom. The summed E-state index contributed by atoms with van der Waals surface area (Å²) >= 11 is 0. The quantitative estimate of drug-likeness (QED) is 0.797. The van der Waals surface area contributed by atoms with Gasteiger partial charge in [0, 0.05) is 12.1 Å². The van der Waals surface area contributed by atoms with Crippen LogP contribution in [0.4, 0.5) is 0 Å². The first-order valence-corrected chi connectivity index (χ1v) is 11.8. The largest absolute Gasteiger partial charge is 0.348 e. The van der Waals surface area contributed by atoms with Crippen LogP contribution in [-0.2, 0) is 9.47 Å². The molecule has 0 N–H and O–H groups in total. The van der Waals surface area contributed by atoms with Crippen molar-refractivity contribution in [2.45, 2.75) is 62.3 Å². The van der Waals surface area contributed by atoms with E-state index < -0.39 is 8.07 Å². The van der Waals surface area contributed by atoms with E-state index in [0.717, 1.165) is 18.9 Å². The molecule has 0 saturated carbocycles. The van der Waals surface area contributed by atoms with Crippen molar-refractivity contribution in [1.82, 2.24) is 4.90 Å². The van der Waals surface area contributed by atoms with Gasteiger partial charge >= 0.3 is 0 Å². The van der Waals surface area contributed by atoms with Crippen LogP contribution in [0.1, 0.15) is 12.8 Å². The summed E-state index contributed by atoms with van der Waals surface area (Å²) in [5.74, 6) is 0. The fourth-order valence-electron chi connectivity index (χ4n) is 4.77. The highest BCUT2D eigenvalue weighted by molar-refractivity contribution is 6.89. The second kappa shape index (κ2) is 5.71. The van der Waals surface area contributed by atoms with Crippen LogP contribution in [0.5, 0.6) is 0 Å². The number of rotatable bonds is 3. The molecule has 3 aliphatic rings. The number of ether oxygens (including phenoxy) is 2. The minimum Gasteiger partial charge on any atom is -0.348 e. The monoisotopic (exact) mass is 328 g/mol. The van der Waals surface area contributed by atoms with Crippen molar-refractivity contribution in [3.8, 4) is 6.07 Å². The third-order valence-electron chi connectivity index (χ3n) is 5.89. The molecule has 1 aromatic rings. The van der Waals surface area contributed by atoms with Crippen LogP contribution in [0.25, 0.3) is 0 Å². The smallest absolute Gasteiger partial charge is 0.147 e. The van der Waals surface area contributed by atoms with Crippen molar-refractivity contribution in [2.24, 2.45) is 0 Å². The van der Waals surface area contributed by atoms with E-state index >= 15 is 0 Å². The molecule has 0 radical (unpaired) electrons. The maximum atomic E-state index is 9.55. The second-order valence-electron chi connectivity index (χ2n) is 7.64. The summed E-state index contributed by atoms with van der Waals surface area (Å²) in [4.78, 5) is 2.44. The standard InChI is InChI=1S/C18H24N2O2Si/c1-23(2,14-6-4-3-5-7-14)11-16-18-17(21-12-22-18)15-9-8-13(10-19)20(15)16/h3-7,13,15-18H,8-9,11-12H2,1-2H3/t13-,15-,16-,17+,18-/m1/s1. The molecule has 1 aromatic carbocycles. The predicted octanol–water partition coefficient (Wildman–Crippen LogP) is 2.08. The number of fused-ring (bicyclic) bond motifs is 3. The van der Waals surface area contributed by atoms with E-state index in [1.165, 1.54) is 5.19 Å². The number of hydrogen-bond acceptors (Lipinski definition) is 4. The summed E-state index contributed by atoms with van der Waals surface area (Å²) in [7, 11) is -1.59. The van der Waals surface area contributed by atoms with E-state index in [1.807, 2.05) is 0 Å². The van der Waals surface area contributed by atoms with Gasteiger partial charge in [0.1, 0.15) is 19.0 Å². The van der Waals surface area contributed by atoms with E-state index in [4.69, 9.17) is 9.47 Å². The molecule has 0 unspecified atom stereocenters. The Labute approximate surface area is 139 Å². The Bertz CT molecular complexity index is 615. The molecule has 3 saturated heterocycles. The van der Waals surface area contributed by atoms with Gasteiger partial charge in [-0.25, -0.2) is 0 Å². The van der Waals surface area contributed by atoms with Crippen molar-refractivity contribution in [3.05, 3.63) is 30.3 Å². The lowest BCUT2D eigenvalue weighted by molar-refractivity contribution is -0.00980. The molecule has 23 heavy (non-hydrogen) atoms. The SMILES string of the molecule is C[Si](C)(C[C@@H]1[C@H]2OCO[C@H]2[C@H]2CC[C@H](C#N)N21)c1ccccc1. The highest BCUT2D eigenvalue weighted by Crippen LogP contribution is 2.44. The molecule has 0 spiro atoms. The van der Waals surface area contributed by atoms with Crippen LogP contribution in [0, 0.1) is 11.3 Å². The molecule has 0 bridgehead atoms. The zero-order chi connectivity index (χ0) is 16.0. The van der Waals surface area contributed by atoms with E-state index in [9.17, 15) is 5.26 Å². The first-order chi connectivity index (χ1) is 11.1. The summed E-state index contributed by atoms with van der Waals surface area (Å²) in [5.41, 5.74) is 0. The average molecular weight is 328 g/mol. The number of benzene rings is 1. The molecule has 5 heteroatoms. The summed E-state index contributed by atoms with van der Waals surface area (Å²) in [6, 6.07) is 15.2. The molecule has 0 aromatic heterocycles. The number of hydrogen-bond donors (Lipinski definition) is 0. The van der Waals surface area contributed by atoms with Gasteiger partial charge < -0.3 is 9.47 Å². The fraction of sp³-hybridized carbons (Fsp3) is 0.611. The minimum absolute atomic E-state index is 0.0309. The number of nitrogens with zero attached hydrogens (tertiary/aromatic N) is 2. The molecule has 4 rings (SSSR count). The first-order valence-electron chi connectivity index (χ1n) is 8.57. The molecule has 3 aliphatic heterocycles. The van der Waals surface area contributed by atoms with Crippen LogP contribution >= 0.6 is 0 Å². The normalized spacial score (nSPS) is 36.7. The van der Waals surface area contributed by atoms with Crippen LogP contribution in [0.3, 0.4) is 0 Å². The lowest BCUT2D eigenvalue weighted by Gasteiger charge is -2.34. The van der Waals surface area contributed by atoms with Gasteiger partial charge in [-0.05, 0) is 18.9 Å². The van der Waals surface area contributed by atoms with Gasteiger partial charge in [-0.3, -0.25) is 4.90 Å². The summed E-state index contributed by atoms with van der Waals surface area (Å²) in [5, 5.41) is 11.0. The van der Waals surface area contributed by atoms with Crippen LogP contribution in [-0.4, -0.2) is 50.1 Å². The minimum atomic E-state index is -1.59. The lowest BCUT2D eigenvalue weighted by atomic mass is 10.0. The molecule has 4 nitrogen and oxygen atoms in total. The highest BCUT2D eigenvalue weighted by atomic mass is 28.3. The molecule has 0 amide bonds. The van der Waals surface area contributed by atoms with Crippen molar-refractivity contribution >= 4 is 13.3 Å². The third kappa shape index (κ3) is 2.45. The third-order valence-corrected chi connectivity index (χ3v) is 9.22. The van der Waals surface area contributed by atoms with Gasteiger partial charge in [0.15, 0.2) is 0 Å². The van der Waals surface area contributed by atoms with Gasteiger partial charge in [0.25, 0.3) is 0 Å². The van der Waals surface area contributed by atoms with Crippen LogP contribution in [0.2, 0.25) is 19.1 Å². The maximum Gasteiger partial charge on any atom is 0.147 e. The average Bonchev–Trinajstić information content (AvgIpc) is 3.23. The Morgan fingerprint density at radius 2 is 1.91 bits per heavy atom. The second-order valence-corrected chi connectivity index (χ2v) is 12.4. The van der Waals surface area contributed by atoms with Crippen LogP contribution in [0.15, 0.2) is 30.3 Å². The molecule has 3 fully saturated rings. The predicted molar refractivity (Wildman–Crippen MR) is 91.0 cm³/mol. The Hall–Kier alpha value is -1.19. The van der Waals surface area contributed by atoms with Crippen molar-refractivity contribution in [3.63, 3.8) is 0 Å². The van der Waals surface area contributed by atoms with E-state index in [1.54, 1.807) is 0 Å². The van der Waals surface area contributed by atoms with E-state index in [2.05, 4.69) is 54.4 Å².